The Balaban J connectivity index is 1.51. The van der Waals surface area contributed by atoms with Crippen LogP contribution in [0.5, 0.6) is 0 Å². The van der Waals surface area contributed by atoms with E-state index in [1.165, 1.54) is 23.5 Å². The minimum Gasteiger partial charge on any atom is -0.351 e. The molecular weight excluding hydrogens is 357 g/mol. The minimum absolute atomic E-state index is 0.201. The predicted molar refractivity (Wildman–Crippen MR) is 102 cm³/mol. The van der Waals surface area contributed by atoms with Gasteiger partial charge in [-0.05, 0) is 29.7 Å². The molecule has 0 unspecified atom stereocenters. The van der Waals surface area contributed by atoms with Crippen LogP contribution in [0.15, 0.2) is 65.6 Å². The highest BCUT2D eigenvalue weighted by Gasteiger charge is 2.23. The van der Waals surface area contributed by atoms with Crippen LogP contribution in [0.3, 0.4) is 0 Å². The number of benzene rings is 2. The van der Waals surface area contributed by atoms with E-state index in [0.717, 1.165) is 25.3 Å². The third kappa shape index (κ3) is 2.90. The first-order valence-corrected chi connectivity index (χ1v) is 9.00. The highest BCUT2D eigenvalue weighted by atomic mass is 19.1. The molecule has 0 saturated carbocycles. The van der Waals surface area contributed by atoms with Gasteiger partial charge < -0.3 is 9.42 Å². The number of hydrogen-bond acceptors (Lipinski definition) is 6. The Morgan fingerprint density at radius 1 is 0.964 bits per heavy atom. The van der Waals surface area contributed by atoms with E-state index < -0.39 is 5.82 Å². The molecule has 0 saturated heterocycles. The van der Waals surface area contributed by atoms with Crippen molar-refractivity contribution in [2.45, 2.75) is 13.0 Å². The highest BCUT2D eigenvalue weighted by Crippen LogP contribution is 2.32. The molecule has 0 amide bonds. The summed E-state index contributed by atoms with van der Waals surface area (Å²) in [6.07, 6.45) is 4.10. The fourth-order valence-corrected chi connectivity index (χ4v) is 3.49. The molecular formula is C21H16FN5O. The first-order chi connectivity index (χ1) is 13.8. The van der Waals surface area contributed by atoms with Crippen molar-refractivity contribution < 1.29 is 8.91 Å². The van der Waals surface area contributed by atoms with Gasteiger partial charge >= 0.3 is 0 Å². The molecule has 0 atom stereocenters. The van der Waals surface area contributed by atoms with Gasteiger partial charge in [-0.15, -0.1) is 0 Å². The SMILES string of the molecule is Fc1ccccc1-c1noc(-c2cncnc2N2CCc3ccccc3C2)n1. The fraction of sp³-hybridized carbons (Fsp3) is 0.143. The van der Waals surface area contributed by atoms with Crippen molar-refractivity contribution >= 4 is 5.82 Å². The highest BCUT2D eigenvalue weighted by molar-refractivity contribution is 5.70. The zero-order valence-electron chi connectivity index (χ0n) is 14.9. The van der Waals surface area contributed by atoms with E-state index in [4.69, 9.17) is 4.52 Å². The first kappa shape index (κ1) is 16.6. The number of aromatic nitrogens is 4. The summed E-state index contributed by atoms with van der Waals surface area (Å²) < 4.78 is 19.5. The number of rotatable bonds is 3. The van der Waals surface area contributed by atoms with Gasteiger partial charge in [0.25, 0.3) is 5.89 Å². The molecule has 0 fully saturated rings. The van der Waals surface area contributed by atoms with Crippen LogP contribution in [-0.2, 0) is 13.0 Å². The van der Waals surface area contributed by atoms with Gasteiger partial charge in [-0.25, -0.2) is 14.4 Å². The zero-order chi connectivity index (χ0) is 18.9. The Bertz CT molecular complexity index is 1140. The minimum atomic E-state index is -0.396. The van der Waals surface area contributed by atoms with Crippen molar-refractivity contribution in [3.63, 3.8) is 0 Å². The molecule has 2 aromatic heterocycles. The predicted octanol–water partition coefficient (Wildman–Crippen LogP) is 3.90. The Hall–Kier alpha value is -3.61. The first-order valence-electron chi connectivity index (χ1n) is 9.00. The standard InChI is InChI=1S/C21H16FN5O/c22-18-8-4-3-7-16(18)19-25-21(28-26-19)17-11-23-13-24-20(17)27-10-9-14-5-1-2-6-15(14)12-27/h1-8,11,13H,9-10,12H2. The van der Waals surface area contributed by atoms with Gasteiger partial charge in [0.05, 0.1) is 5.56 Å². The summed E-state index contributed by atoms with van der Waals surface area (Å²) in [5.41, 5.74) is 3.56. The number of hydrogen-bond donors (Lipinski definition) is 0. The zero-order valence-corrected chi connectivity index (χ0v) is 14.9. The molecule has 0 bridgehead atoms. The molecule has 0 spiro atoms. The maximum absolute atomic E-state index is 14.0. The van der Waals surface area contributed by atoms with Gasteiger partial charge in [0.15, 0.2) is 0 Å². The third-order valence-corrected chi connectivity index (χ3v) is 4.89. The maximum Gasteiger partial charge on any atom is 0.263 e. The molecule has 2 aromatic carbocycles. The number of halogens is 1. The summed E-state index contributed by atoms with van der Waals surface area (Å²) in [5.74, 6) is 0.805. The third-order valence-electron chi connectivity index (χ3n) is 4.89. The molecule has 1 aliphatic heterocycles. The molecule has 0 radical (unpaired) electrons. The van der Waals surface area contributed by atoms with Crippen LogP contribution in [-0.4, -0.2) is 26.7 Å². The van der Waals surface area contributed by atoms with Gasteiger partial charge in [0.1, 0.15) is 23.5 Å². The van der Waals surface area contributed by atoms with Crippen LogP contribution in [0, 0.1) is 5.82 Å². The van der Waals surface area contributed by atoms with Gasteiger partial charge in [0, 0.05) is 19.3 Å². The average Bonchev–Trinajstić information content (AvgIpc) is 3.23. The normalized spacial score (nSPS) is 13.4. The lowest BCUT2D eigenvalue weighted by molar-refractivity contribution is 0.431. The van der Waals surface area contributed by atoms with E-state index in [-0.39, 0.29) is 11.7 Å². The average molecular weight is 373 g/mol. The quantitative estimate of drug-likeness (QED) is 0.543. The lowest BCUT2D eigenvalue weighted by Gasteiger charge is -2.30. The lowest BCUT2D eigenvalue weighted by Crippen LogP contribution is -2.31. The Morgan fingerprint density at radius 3 is 2.68 bits per heavy atom. The Kier molecular flexibility index (Phi) is 4.05. The maximum atomic E-state index is 14.0. The van der Waals surface area contributed by atoms with Crippen LogP contribution >= 0.6 is 0 Å². The van der Waals surface area contributed by atoms with Crippen molar-refractivity contribution in [3.8, 4) is 22.8 Å². The molecule has 0 N–H and O–H groups in total. The molecule has 6 nitrogen and oxygen atoms in total. The van der Waals surface area contributed by atoms with Gasteiger partial charge in [0.2, 0.25) is 5.82 Å². The second-order valence-corrected chi connectivity index (χ2v) is 6.60. The molecule has 3 heterocycles. The molecule has 5 rings (SSSR count). The van der Waals surface area contributed by atoms with Gasteiger partial charge in [-0.3, -0.25) is 0 Å². The van der Waals surface area contributed by atoms with Crippen molar-refractivity contribution in [1.29, 1.82) is 0 Å². The van der Waals surface area contributed by atoms with E-state index in [9.17, 15) is 4.39 Å². The van der Waals surface area contributed by atoms with Crippen LogP contribution in [0.2, 0.25) is 0 Å². The summed E-state index contributed by atoms with van der Waals surface area (Å²) in [6, 6.07) is 14.7. The largest absolute Gasteiger partial charge is 0.351 e. The number of fused-ring (bicyclic) bond motifs is 1. The van der Waals surface area contributed by atoms with Crippen molar-refractivity contribution in [3.05, 3.63) is 78.0 Å². The molecule has 4 aromatic rings. The molecule has 7 heteroatoms. The van der Waals surface area contributed by atoms with Crippen molar-refractivity contribution in [2.24, 2.45) is 0 Å². The van der Waals surface area contributed by atoms with E-state index in [2.05, 4.69) is 43.2 Å². The topological polar surface area (TPSA) is 67.9 Å². The smallest absolute Gasteiger partial charge is 0.263 e. The van der Waals surface area contributed by atoms with Crippen LogP contribution in [0.1, 0.15) is 11.1 Å². The number of nitrogens with zero attached hydrogens (tertiary/aromatic N) is 5. The summed E-state index contributed by atoms with van der Waals surface area (Å²) in [6.45, 7) is 1.57. The molecule has 0 aliphatic carbocycles. The fourth-order valence-electron chi connectivity index (χ4n) is 3.49. The molecule has 138 valence electrons. The van der Waals surface area contributed by atoms with Gasteiger partial charge in [-0.1, -0.05) is 41.6 Å². The van der Waals surface area contributed by atoms with Crippen LogP contribution in [0.25, 0.3) is 22.8 Å². The monoisotopic (exact) mass is 373 g/mol. The van der Waals surface area contributed by atoms with Crippen molar-refractivity contribution in [1.82, 2.24) is 20.1 Å². The van der Waals surface area contributed by atoms with Crippen molar-refractivity contribution in [2.75, 3.05) is 11.4 Å². The lowest BCUT2D eigenvalue weighted by atomic mass is 10.00. The van der Waals surface area contributed by atoms with Gasteiger partial charge in [-0.2, -0.15) is 4.98 Å². The second-order valence-electron chi connectivity index (χ2n) is 6.60. The molecule has 28 heavy (non-hydrogen) atoms. The second kappa shape index (κ2) is 6.84. The van der Waals surface area contributed by atoms with E-state index in [0.29, 0.717) is 11.1 Å². The van der Waals surface area contributed by atoms with E-state index in [1.54, 1.807) is 24.4 Å². The van der Waals surface area contributed by atoms with Crippen LogP contribution in [0.4, 0.5) is 10.2 Å². The Morgan fingerprint density at radius 2 is 1.79 bits per heavy atom. The summed E-state index contributed by atoms with van der Waals surface area (Å²) >= 11 is 0. The Labute approximate surface area is 160 Å². The summed E-state index contributed by atoms with van der Waals surface area (Å²) in [4.78, 5) is 15.1. The summed E-state index contributed by atoms with van der Waals surface area (Å²) in [5, 5.41) is 3.95. The van der Waals surface area contributed by atoms with Crippen LogP contribution < -0.4 is 4.90 Å². The van der Waals surface area contributed by atoms with E-state index >= 15 is 0 Å². The summed E-state index contributed by atoms with van der Waals surface area (Å²) in [7, 11) is 0. The van der Waals surface area contributed by atoms with E-state index in [1.807, 2.05) is 6.07 Å². The number of anilines is 1. The molecule has 1 aliphatic rings.